The lowest BCUT2D eigenvalue weighted by atomic mass is 9.97. The highest BCUT2D eigenvalue weighted by molar-refractivity contribution is 7.89. The van der Waals surface area contributed by atoms with Gasteiger partial charge in [-0.3, -0.25) is 4.79 Å². The number of fused-ring (bicyclic) bond motifs is 1. The second-order valence-electron chi connectivity index (χ2n) is 6.74. The average molecular weight is 433 g/mol. The number of benzene rings is 1. The summed E-state index contributed by atoms with van der Waals surface area (Å²) >= 11 is 1.55. The van der Waals surface area contributed by atoms with Crippen LogP contribution in [0.4, 0.5) is 5.69 Å². The number of methoxy groups -OCH3 is 1. The molecule has 1 fully saturated rings. The number of rotatable bonds is 5. The van der Waals surface area contributed by atoms with Crippen molar-refractivity contribution in [3.05, 3.63) is 42.0 Å². The van der Waals surface area contributed by atoms with E-state index in [1.54, 1.807) is 16.8 Å². The Labute approximate surface area is 172 Å². The number of ether oxygens (including phenoxy) is 1. The average Bonchev–Trinajstić information content (AvgIpc) is 3.22. The highest BCUT2D eigenvalue weighted by Crippen LogP contribution is 2.26. The van der Waals surface area contributed by atoms with Gasteiger partial charge in [0.1, 0.15) is 4.90 Å². The van der Waals surface area contributed by atoms with Gasteiger partial charge in [0.05, 0.1) is 29.0 Å². The minimum atomic E-state index is -3.64. The van der Waals surface area contributed by atoms with Gasteiger partial charge in [-0.2, -0.15) is 4.31 Å². The third-order valence-electron chi connectivity index (χ3n) is 4.98. The molecule has 0 aliphatic carbocycles. The molecule has 1 aliphatic rings. The fourth-order valence-corrected chi connectivity index (χ4v) is 5.40. The first-order chi connectivity index (χ1) is 14.0. The van der Waals surface area contributed by atoms with E-state index in [1.165, 1.54) is 29.7 Å². The predicted octanol–water partition coefficient (Wildman–Crippen LogP) is 2.74. The number of sulfonamides is 1. The van der Waals surface area contributed by atoms with Gasteiger partial charge in [0.15, 0.2) is 0 Å². The van der Waals surface area contributed by atoms with Crippen molar-refractivity contribution in [1.82, 2.24) is 14.3 Å². The summed E-state index contributed by atoms with van der Waals surface area (Å²) in [4.78, 5) is 21.0. The van der Waals surface area contributed by atoms with Crippen LogP contribution in [0.1, 0.15) is 12.8 Å². The highest BCUT2D eigenvalue weighted by Gasteiger charge is 2.32. The quantitative estimate of drug-likeness (QED) is 0.665. The maximum Gasteiger partial charge on any atom is 0.244 e. The first-order valence-electron chi connectivity index (χ1n) is 9.11. The molecule has 0 atom stereocenters. The number of hydrogen-bond acceptors (Lipinski definition) is 7. The van der Waals surface area contributed by atoms with Gasteiger partial charge in [-0.25, -0.2) is 18.4 Å². The van der Waals surface area contributed by atoms with Gasteiger partial charge < -0.3 is 10.1 Å². The molecule has 29 heavy (non-hydrogen) atoms. The van der Waals surface area contributed by atoms with Crippen LogP contribution in [0, 0.1) is 5.92 Å². The molecule has 0 unspecified atom stereocenters. The van der Waals surface area contributed by atoms with Crippen molar-refractivity contribution in [2.45, 2.75) is 17.7 Å². The van der Waals surface area contributed by atoms with Gasteiger partial charge in [0.25, 0.3) is 0 Å². The molecule has 1 aromatic carbocycles. The van der Waals surface area contributed by atoms with Crippen molar-refractivity contribution in [1.29, 1.82) is 0 Å². The SMILES string of the molecule is COc1ccc(S(=O)(=O)N2CCC(C(=O)Nc3ccc4scnc4c3)CC2)cn1. The van der Waals surface area contributed by atoms with Crippen LogP contribution in [0.3, 0.4) is 0 Å². The lowest BCUT2D eigenvalue weighted by Crippen LogP contribution is -2.41. The first-order valence-corrected chi connectivity index (χ1v) is 11.4. The molecule has 3 heterocycles. The molecule has 0 saturated carbocycles. The minimum absolute atomic E-state index is 0.0947. The standard InChI is InChI=1S/C19H20N4O4S2/c1-27-18-5-3-15(11-20-18)29(25,26)23-8-6-13(7-9-23)19(24)22-14-2-4-17-16(10-14)21-12-28-17/h2-5,10-13H,6-9H2,1H3,(H,22,24). The van der Waals surface area contributed by atoms with Crippen LogP contribution >= 0.6 is 11.3 Å². The Bertz CT molecular complexity index is 1120. The van der Waals surface area contributed by atoms with Crippen molar-refractivity contribution >= 4 is 43.2 Å². The second-order valence-corrected chi connectivity index (χ2v) is 9.56. The number of hydrogen-bond donors (Lipinski definition) is 1. The van der Waals surface area contributed by atoms with Crippen LogP contribution < -0.4 is 10.1 Å². The molecule has 8 nitrogen and oxygen atoms in total. The zero-order chi connectivity index (χ0) is 20.4. The number of nitrogens with zero attached hydrogens (tertiary/aromatic N) is 3. The molecule has 4 rings (SSSR count). The summed E-state index contributed by atoms with van der Waals surface area (Å²) in [5, 5.41) is 2.93. The van der Waals surface area contributed by atoms with E-state index >= 15 is 0 Å². The van der Waals surface area contributed by atoms with E-state index in [4.69, 9.17) is 4.74 Å². The van der Waals surface area contributed by atoms with E-state index < -0.39 is 10.0 Å². The number of anilines is 1. The zero-order valence-corrected chi connectivity index (χ0v) is 17.4. The van der Waals surface area contributed by atoms with Crippen molar-refractivity contribution in [3.63, 3.8) is 0 Å². The van der Waals surface area contributed by atoms with Crippen molar-refractivity contribution in [2.75, 3.05) is 25.5 Å². The molecule has 1 N–H and O–H groups in total. The lowest BCUT2D eigenvalue weighted by molar-refractivity contribution is -0.120. The Morgan fingerprint density at radius 2 is 2.00 bits per heavy atom. The van der Waals surface area contributed by atoms with Crippen LogP contribution in [-0.4, -0.2) is 48.8 Å². The normalized spacial score (nSPS) is 16.0. The van der Waals surface area contributed by atoms with Crippen LogP contribution in [0.5, 0.6) is 5.88 Å². The number of carbonyl (C=O) groups is 1. The number of piperidine rings is 1. The molecule has 3 aromatic rings. The summed E-state index contributed by atoms with van der Waals surface area (Å²) in [6.07, 6.45) is 2.22. The Hall–Kier alpha value is -2.56. The number of carbonyl (C=O) groups excluding carboxylic acids is 1. The summed E-state index contributed by atoms with van der Waals surface area (Å²) < 4.78 is 33.0. The second kappa shape index (κ2) is 8.05. The van der Waals surface area contributed by atoms with E-state index in [0.717, 1.165) is 10.2 Å². The lowest BCUT2D eigenvalue weighted by Gasteiger charge is -2.30. The smallest absolute Gasteiger partial charge is 0.244 e. The number of pyridine rings is 1. The van der Waals surface area contributed by atoms with Crippen molar-refractivity contribution < 1.29 is 17.9 Å². The summed E-state index contributed by atoms with van der Waals surface area (Å²) in [5.74, 6) is 0.0273. The van der Waals surface area contributed by atoms with Gasteiger partial charge in [-0.15, -0.1) is 11.3 Å². The number of aromatic nitrogens is 2. The molecule has 1 saturated heterocycles. The highest BCUT2D eigenvalue weighted by atomic mass is 32.2. The fourth-order valence-electron chi connectivity index (χ4n) is 3.33. The van der Waals surface area contributed by atoms with E-state index in [0.29, 0.717) is 24.4 Å². The van der Waals surface area contributed by atoms with Gasteiger partial charge >= 0.3 is 0 Å². The third-order valence-corrected chi connectivity index (χ3v) is 7.67. The first kappa shape index (κ1) is 19.7. The molecule has 0 spiro atoms. The summed E-state index contributed by atoms with van der Waals surface area (Å²) in [6.45, 7) is 0.579. The summed E-state index contributed by atoms with van der Waals surface area (Å²) in [7, 11) is -2.16. The number of amides is 1. The molecule has 152 valence electrons. The molecule has 10 heteroatoms. The Morgan fingerprint density at radius 3 is 2.69 bits per heavy atom. The molecule has 0 radical (unpaired) electrons. The maximum absolute atomic E-state index is 12.8. The maximum atomic E-state index is 12.8. The molecular weight excluding hydrogens is 412 g/mol. The van der Waals surface area contributed by atoms with Gasteiger partial charge in [0.2, 0.25) is 21.8 Å². The molecular formula is C19H20N4O4S2. The molecule has 0 bridgehead atoms. The third kappa shape index (κ3) is 4.09. The predicted molar refractivity (Wildman–Crippen MR) is 111 cm³/mol. The topological polar surface area (TPSA) is 101 Å². The minimum Gasteiger partial charge on any atom is -0.481 e. The Balaban J connectivity index is 1.38. The summed E-state index contributed by atoms with van der Waals surface area (Å²) in [6, 6.07) is 8.64. The van der Waals surface area contributed by atoms with E-state index in [2.05, 4.69) is 15.3 Å². The van der Waals surface area contributed by atoms with Crippen LogP contribution in [0.25, 0.3) is 10.2 Å². The van der Waals surface area contributed by atoms with Crippen LogP contribution in [0.15, 0.2) is 46.9 Å². The molecule has 1 aliphatic heterocycles. The van der Waals surface area contributed by atoms with Crippen molar-refractivity contribution in [3.8, 4) is 5.88 Å². The number of nitrogens with one attached hydrogen (secondary N) is 1. The van der Waals surface area contributed by atoms with Gasteiger partial charge in [-0.05, 0) is 37.1 Å². The van der Waals surface area contributed by atoms with E-state index in [-0.39, 0.29) is 29.8 Å². The van der Waals surface area contributed by atoms with Gasteiger partial charge in [0, 0.05) is 30.8 Å². The fraction of sp³-hybridized carbons (Fsp3) is 0.316. The Morgan fingerprint density at radius 1 is 1.21 bits per heavy atom. The molecule has 2 aromatic heterocycles. The Kier molecular flexibility index (Phi) is 5.48. The number of thiazole rings is 1. The zero-order valence-electron chi connectivity index (χ0n) is 15.7. The van der Waals surface area contributed by atoms with E-state index in [9.17, 15) is 13.2 Å². The van der Waals surface area contributed by atoms with Crippen LogP contribution in [-0.2, 0) is 14.8 Å². The summed E-state index contributed by atoms with van der Waals surface area (Å²) in [5.41, 5.74) is 3.32. The molecule has 1 amide bonds. The van der Waals surface area contributed by atoms with E-state index in [1.807, 2.05) is 18.2 Å². The monoisotopic (exact) mass is 432 g/mol. The largest absolute Gasteiger partial charge is 0.481 e. The van der Waals surface area contributed by atoms with Crippen LogP contribution in [0.2, 0.25) is 0 Å². The van der Waals surface area contributed by atoms with Gasteiger partial charge in [-0.1, -0.05) is 0 Å². The van der Waals surface area contributed by atoms with Crippen molar-refractivity contribution in [2.24, 2.45) is 5.92 Å².